The third kappa shape index (κ3) is 4.73. The van der Waals surface area contributed by atoms with E-state index in [1.807, 2.05) is 48.5 Å². The zero-order valence-electron chi connectivity index (χ0n) is 20.4. The van der Waals surface area contributed by atoms with Gasteiger partial charge in [0, 0.05) is 47.7 Å². The van der Waals surface area contributed by atoms with Gasteiger partial charge in [0.15, 0.2) is 11.5 Å². The molecule has 0 saturated heterocycles. The van der Waals surface area contributed by atoms with Crippen LogP contribution in [-0.2, 0) is 13.6 Å². The van der Waals surface area contributed by atoms with E-state index in [-0.39, 0.29) is 5.02 Å². The summed E-state index contributed by atoms with van der Waals surface area (Å²) in [4.78, 5) is 11.0. The third-order valence-electron chi connectivity index (χ3n) is 6.06. The van der Waals surface area contributed by atoms with Crippen LogP contribution in [0.3, 0.4) is 0 Å². The van der Waals surface area contributed by atoms with Gasteiger partial charge in [-0.25, -0.2) is 14.4 Å². The van der Waals surface area contributed by atoms with Crippen LogP contribution in [0, 0.1) is 5.82 Å². The van der Waals surface area contributed by atoms with Crippen LogP contribution >= 0.6 is 11.6 Å². The molecule has 5 rings (SSSR count). The lowest BCUT2D eigenvalue weighted by atomic mass is 10.0. The van der Waals surface area contributed by atoms with Crippen LogP contribution in [0.25, 0.3) is 22.0 Å². The molecule has 0 unspecified atom stereocenters. The van der Waals surface area contributed by atoms with Crippen LogP contribution < -0.4 is 20.1 Å². The first kappa shape index (κ1) is 24.3. The van der Waals surface area contributed by atoms with Gasteiger partial charge >= 0.3 is 0 Å². The zero-order valence-corrected chi connectivity index (χ0v) is 21.2. The Labute approximate surface area is 218 Å². The molecule has 10 heteroatoms. The Morgan fingerprint density at radius 2 is 1.84 bits per heavy atom. The van der Waals surface area contributed by atoms with Gasteiger partial charge < -0.3 is 20.1 Å². The molecule has 5 aromatic rings. The molecular formula is C27H24ClFN6O2. The Kier molecular flexibility index (Phi) is 6.54. The summed E-state index contributed by atoms with van der Waals surface area (Å²) in [6.45, 7) is 0.374. The molecule has 0 bridgehead atoms. The van der Waals surface area contributed by atoms with E-state index in [9.17, 15) is 4.39 Å². The van der Waals surface area contributed by atoms with Gasteiger partial charge in [-0.1, -0.05) is 17.7 Å². The van der Waals surface area contributed by atoms with Gasteiger partial charge in [0.05, 0.1) is 31.0 Å². The molecule has 2 heterocycles. The molecule has 2 aromatic heterocycles. The molecule has 8 nitrogen and oxygen atoms in total. The molecule has 37 heavy (non-hydrogen) atoms. The van der Waals surface area contributed by atoms with Crippen LogP contribution in [0.5, 0.6) is 11.5 Å². The quantitative estimate of drug-likeness (QED) is 0.274. The summed E-state index contributed by atoms with van der Waals surface area (Å²) in [6.07, 6.45) is 5.14. The van der Waals surface area contributed by atoms with Crippen molar-refractivity contribution in [3.63, 3.8) is 0 Å². The molecule has 0 fully saturated rings. The predicted octanol–water partition coefficient (Wildman–Crippen LogP) is 5.76. The fourth-order valence-electron chi connectivity index (χ4n) is 4.23. The Balaban J connectivity index is 1.66. The van der Waals surface area contributed by atoms with Gasteiger partial charge in [-0.3, -0.25) is 4.68 Å². The first-order valence-corrected chi connectivity index (χ1v) is 11.7. The highest BCUT2D eigenvalue weighted by atomic mass is 35.5. The summed E-state index contributed by atoms with van der Waals surface area (Å²) < 4.78 is 26.6. The van der Waals surface area contributed by atoms with Crippen molar-refractivity contribution in [2.45, 2.75) is 6.54 Å². The number of aryl methyl sites for hydroxylation is 1. The van der Waals surface area contributed by atoms with E-state index < -0.39 is 5.82 Å². The topological polar surface area (TPSA) is 91.3 Å². The van der Waals surface area contributed by atoms with Crippen molar-refractivity contribution in [3.05, 3.63) is 83.7 Å². The molecular weight excluding hydrogens is 495 g/mol. The number of nitrogen functional groups attached to an aromatic ring is 1. The number of halogens is 2. The summed E-state index contributed by atoms with van der Waals surface area (Å²) in [5.41, 5.74) is 11.0. The van der Waals surface area contributed by atoms with Gasteiger partial charge in [-0.05, 0) is 48.0 Å². The number of hydrogen-bond acceptors (Lipinski definition) is 7. The van der Waals surface area contributed by atoms with Gasteiger partial charge in [-0.15, -0.1) is 0 Å². The van der Waals surface area contributed by atoms with Crippen molar-refractivity contribution in [1.82, 2.24) is 19.7 Å². The SMILES string of the molecule is COc1ccc(CN(c2ccc(F)c(Cl)c2)c2ncnc3cc(-c4cnn(C)c4)c(N)cc23)cc1OC. The maximum absolute atomic E-state index is 14.1. The maximum Gasteiger partial charge on any atom is 0.161 e. The number of aromatic nitrogens is 4. The number of nitrogens with zero attached hydrogens (tertiary/aromatic N) is 5. The monoisotopic (exact) mass is 518 g/mol. The number of anilines is 3. The molecule has 0 atom stereocenters. The van der Waals surface area contributed by atoms with Crippen LogP contribution in [0.1, 0.15) is 5.56 Å². The Bertz CT molecular complexity index is 1610. The van der Waals surface area contributed by atoms with Crippen molar-refractivity contribution < 1.29 is 13.9 Å². The summed E-state index contributed by atoms with van der Waals surface area (Å²) in [5.74, 6) is 1.29. The number of fused-ring (bicyclic) bond motifs is 1. The number of nitrogens with two attached hydrogens (primary N) is 1. The van der Waals surface area contributed by atoms with Crippen molar-refractivity contribution in [2.24, 2.45) is 7.05 Å². The zero-order chi connectivity index (χ0) is 26.1. The number of hydrogen-bond donors (Lipinski definition) is 1. The van der Waals surface area contributed by atoms with E-state index in [1.165, 1.54) is 12.4 Å². The highest BCUT2D eigenvalue weighted by molar-refractivity contribution is 6.31. The Hall–Kier alpha value is -4.37. The van der Waals surface area contributed by atoms with Crippen LogP contribution in [0.4, 0.5) is 21.6 Å². The first-order chi connectivity index (χ1) is 17.9. The van der Waals surface area contributed by atoms with E-state index in [0.29, 0.717) is 40.8 Å². The molecule has 0 aliphatic heterocycles. The smallest absolute Gasteiger partial charge is 0.161 e. The fourth-order valence-corrected chi connectivity index (χ4v) is 4.41. The van der Waals surface area contributed by atoms with E-state index in [1.54, 1.807) is 37.2 Å². The number of rotatable bonds is 7. The lowest BCUT2D eigenvalue weighted by Gasteiger charge is -2.26. The second kappa shape index (κ2) is 9.94. The van der Waals surface area contributed by atoms with E-state index >= 15 is 0 Å². The third-order valence-corrected chi connectivity index (χ3v) is 6.35. The molecule has 188 valence electrons. The number of methoxy groups -OCH3 is 2. The second-order valence-electron chi connectivity index (χ2n) is 8.43. The first-order valence-electron chi connectivity index (χ1n) is 11.3. The molecule has 0 spiro atoms. The molecule has 0 aliphatic carbocycles. The Morgan fingerprint density at radius 1 is 1.03 bits per heavy atom. The minimum Gasteiger partial charge on any atom is -0.493 e. The lowest BCUT2D eigenvalue weighted by molar-refractivity contribution is 0.354. The summed E-state index contributed by atoms with van der Waals surface area (Å²) in [5, 5.41) is 4.98. The highest BCUT2D eigenvalue weighted by Gasteiger charge is 2.19. The summed E-state index contributed by atoms with van der Waals surface area (Å²) in [6, 6.07) is 14.0. The minimum atomic E-state index is -0.505. The minimum absolute atomic E-state index is 0.00607. The van der Waals surface area contributed by atoms with Crippen molar-refractivity contribution in [1.29, 1.82) is 0 Å². The molecule has 0 radical (unpaired) electrons. The molecule has 0 aliphatic rings. The average Bonchev–Trinajstić information content (AvgIpc) is 3.34. The van der Waals surface area contributed by atoms with Crippen LogP contribution in [0.15, 0.2) is 67.3 Å². The van der Waals surface area contributed by atoms with E-state index in [2.05, 4.69) is 15.1 Å². The van der Waals surface area contributed by atoms with Crippen LogP contribution in [0.2, 0.25) is 5.02 Å². The largest absolute Gasteiger partial charge is 0.493 e. The normalized spacial score (nSPS) is 11.1. The second-order valence-corrected chi connectivity index (χ2v) is 8.84. The van der Waals surface area contributed by atoms with Crippen molar-refractivity contribution in [2.75, 3.05) is 24.9 Å². The molecule has 3 aromatic carbocycles. The maximum atomic E-state index is 14.1. The number of ether oxygens (including phenoxy) is 2. The molecule has 0 amide bonds. The van der Waals surface area contributed by atoms with Gasteiger partial charge in [0.25, 0.3) is 0 Å². The van der Waals surface area contributed by atoms with Gasteiger partial charge in [-0.2, -0.15) is 5.10 Å². The van der Waals surface area contributed by atoms with E-state index in [4.69, 9.17) is 26.8 Å². The van der Waals surface area contributed by atoms with Crippen molar-refractivity contribution in [3.8, 4) is 22.6 Å². The average molecular weight is 519 g/mol. The number of benzene rings is 3. The van der Waals surface area contributed by atoms with E-state index in [0.717, 1.165) is 22.1 Å². The Morgan fingerprint density at radius 3 is 2.54 bits per heavy atom. The standard InChI is InChI=1S/C27H24ClFN6O2/c1-34-14-17(12-33-34)19-11-24-20(10-23(19)30)27(32-15-31-24)35(18-5-6-22(29)21(28)9-18)13-16-4-7-25(36-2)26(8-16)37-3/h4-12,14-15H,13,30H2,1-3H3. The van der Waals surface area contributed by atoms with Gasteiger partial charge in [0.2, 0.25) is 0 Å². The summed E-state index contributed by atoms with van der Waals surface area (Å²) in [7, 11) is 5.02. The molecule has 0 saturated carbocycles. The van der Waals surface area contributed by atoms with Crippen molar-refractivity contribution >= 4 is 39.7 Å². The van der Waals surface area contributed by atoms with Crippen LogP contribution in [-0.4, -0.2) is 34.0 Å². The summed E-state index contributed by atoms with van der Waals surface area (Å²) >= 11 is 6.17. The predicted molar refractivity (Wildman–Crippen MR) is 143 cm³/mol. The lowest BCUT2D eigenvalue weighted by Crippen LogP contribution is -2.18. The molecule has 2 N–H and O–H groups in total. The highest BCUT2D eigenvalue weighted by Crippen LogP contribution is 2.38. The van der Waals surface area contributed by atoms with Gasteiger partial charge in [0.1, 0.15) is 18.0 Å². The fraction of sp³-hybridized carbons (Fsp3) is 0.148.